The zero-order chi connectivity index (χ0) is 17.5. The second-order valence-corrected chi connectivity index (χ2v) is 6.14. The summed E-state index contributed by atoms with van der Waals surface area (Å²) in [7, 11) is 0. The number of amides is 1. The fraction of sp³-hybridized carbons (Fsp3) is 0.0952. The Balaban J connectivity index is 1.78. The second kappa shape index (κ2) is 8.47. The van der Waals surface area contributed by atoms with Crippen molar-refractivity contribution in [2.45, 2.75) is 12.6 Å². The van der Waals surface area contributed by atoms with E-state index >= 15 is 0 Å². The number of benzene rings is 3. The first-order valence-corrected chi connectivity index (χ1v) is 8.49. The summed E-state index contributed by atoms with van der Waals surface area (Å²) in [5.74, 6) is -0.107. The number of rotatable bonds is 6. The molecule has 0 aliphatic carbocycles. The summed E-state index contributed by atoms with van der Waals surface area (Å²) < 4.78 is 0. The topological polar surface area (TPSA) is 41.1 Å². The second-order valence-electron chi connectivity index (χ2n) is 5.71. The summed E-state index contributed by atoms with van der Waals surface area (Å²) in [5, 5.41) is 6.94. The Morgan fingerprint density at radius 2 is 1.44 bits per heavy atom. The van der Waals surface area contributed by atoms with Gasteiger partial charge in [0, 0.05) is 17.3 Å². The third kappa shape index (κ3) is 4.92. The van der Waals surface area contributed by atoms with Crippen LogP contribution in [-0.2, 0) is 11.3 Å². The van der Waals surface area contributed by atoms with E-state index in [1.807, 2.05) is 72.8 Å². The molecule has 0 spiro atoms. The van der Waals surface area contributed by atoms with Gasteiger partial charge in [-0.2, -0.15) is 0 Å². The molecule has 3 aromatic rings. The molecule has 4 heteroatoms. The van der Waals surface area contributed by atoms with Crippen molar-refractivity contribution >= 4 is 23.2 Å². The van der Waals surface area contributed by atoms with E-state index < -0.39 is 6.04 Å². The van der Waals surface area contributed by atoms with Crippen molar-refractivity contribution in [3.05, 3.63) is 101 Å². The van der Waals surface area contributed by atoms with Gasteiger partial charge in [0.15, 0.2) is 0 Å². The molecule has 0 unspecified atom stereocenters. The number of carbonyl (C=O) groups excluding carboxylic acids is 1. The fourth-order valence-electron chi connectivity index (χ4n) is 2.57. The van der Waals surface area contributed by atoms with Crippen LogP contribution < -0.4 is 10.6 Å². The molecule has 0 aliphatic rings. The zero-order valence-corrected chi connectivity index (χ0v) is 14.4. The lowest BCUT2D eigenvalue weighted by Gasteiger charge is -2.19. The van der Waals surface area contributed by atoms with E-state index in [1.165, 1.54) is 0 Å². The van der Waals surface area contributed by atoms with E-state index in [-0.39, 0.29) is 5.91 Å². The van der Waals surface area contributed by atoms with Crippen LogP contribution in [0.2, 0.25) is 5.02 Å². The van der Waals surface area contributed by atoms with Gasteiger partial charge < -0.3 is 5.32 Å². The number of carbonyl (C=O) groups is 1. The summed E-state index contributed by atoms with van der Waals surface area (Å²) in [4.78, 5) is 12.8. The predicted molar refractivity (Wildman–Crippen MR) is 103 cm³/mol. The van der Waals surface area contributed by atoms with Crippen molar-refractivity contribution in [1.82, 2.24) is 5.32 Å². The van der Waals surface area contributed by atoms with E-state index in [9.17, 15) is 4.79 Å². The van der Waals surface area contributed by atoms with Crippen LogP contribution in [0.15, 0.2) is 84.9 Å². The minimum absolute atomic E-state index is 0.107. The molecule has 1 amide bonds. The average molecular weight is 351 g/mol. The lowest BCUT2D eigenvalue weighted by Crippen LogP contribution is -2.32. The Bertz CT molecular complexity index is 804. The molecule has 0 heterocycles. The highest BCUT2D eigenvalue weighted by Crippen LogP contribution is 2.19. The van der Waals surface area contributed by atoms with Crippen molar-refractivity contribution in [2.24, 2.45) is 0 Å². The van der Waals surface area contributed by atoms with E-state index in [0.29, 0.717) is 11.6 Å². The number of halogens is 1. The minimum atomic E-state index is -0.474. The number of anilines is 1. The molecule has 0 radical (unpaired) electrons. The van der Waals surface area contributed by atoms with Gasteiger partial charge in [-0.1, -0.05) is 72.3 Å². The Morgan fingerprint density at radius 3 is 2.08 bits per heavy atom. The average Bonchev–Trinajstić information content (AvgIpc) is 2.65. The van der Waals surface area contributed by atoms with Gasteiger partial charge >= 0.3 is 0 Å². The molecule has 0 bridgehead atoms. The number of hydrogen-bond acceptors (Lipinski definition) is 2. The first-order valence-electron chi connectivity index (χ1n) is 8.11. The van der Waals surface area contributed by atoms with Crippen molar-refractivity contribution in [1.29, 1.82) is 0 Å². The van der Waals surface area contributed by atoms with Crippen LogP contribution in [0, 0.1) is 0 Å². The highest BCUT2D eigenvalue weighted by Gasteiger charge is 2.20. The molecule has 0 fully saturated rings. The SMILES string of the molecule is O=C(Nc1ccccc1)[C@@H](NCc1ccccc1)c1ccc(Cl)cc1. The van der Waals surface area contributed by atoms with Crippen molar-refractivity contribution in [2.75, 3.05) is 5.32 Å². The van der Waals surface area contributed by atoms with E-state index in [4.69, 9.17) is 11.6 Å². The maximum absolute atomic E-state index is 12.8. The standard InChI is InChI=1S/C21H19ClN2O/c22-18-13-11-17(12-14-18)20(23-15-16-7-3-1-4-8-16)21(25)24-19-9-5-2-6-10-19/h1-14,20,23H,15H2,(H,24,25)/t20-/m0/s1. The quantitative estimate of drug-likeness (QED) is 0.669. The molecule has 3 aromatic carbocycles. The largest absolute Gasteiger partial charge is 0.324 e. The Hall–Kier alpha value is -2.62. The molecule has 0 aliphatic heterocycles. The third-order valence-electron chi connectivity index (χ3n) is 3.86. The number of para-hydroxylation sites is 1. The summed E-state index contributed by atoms with van der Waals surface area (Å²) in [6.45, 7) is 0.594. The van der Waals surface area contributed by atoms with Gasteiger partial charge in [0.25, 0.3) is 0 Å². The first-order chi connectivity index (χ1) is 12.2. The normalized spacial score (nSPS) is 11.7. The molecular weight excluding hydrogens is 332 g/mol. The third-order valence-corrected chi connectivity index (χ3v) is 4.11. The Morgan fingerprint density at radius 1 is 0.840 bits per heavy atom. The van der Waals surface area contributed by atoms with Gasteiger partial charge in [0.1, 0.15) is 6.04 Å². The monoisotopic (exact) mass is 350 g/mol. The molecule has 0 saturated carbocycles. The number of nitrogens with one attached hydrogen (secondary N) is 2. The molecule has 2 N–H and O–H groups in total. The molecule has 0 aromatic heterocycles. The lowest BCUT2D eigenvalue weighted by atomic mass is 10.1. The van der Waals surface area contributed by atoms with Crippen molar-refractivity contribution in [3.63, 3.8) is 0 Å². The molecule has 3 nitrogen and oxygen atoms in total. The number of hydrogen-bond donors (Lipinski definition) is 2. The van der Waals surface area contributed by atoms with Crippen LogP contribution in [0.4, 0.5) is 5.69 Å². The smallest absolute Gasteiger partial charge is 0.246 e. The van der Waals surface area contributed by atoms with Gasteiger partial charge in [-0.3, -0.25) is 10.1 Å². The van der Waals surface area contributed by atoms with Crippen molar-refractivity contribution < 1.29 is 4.79 Å². The summed E-state index contributed by atoms with van der Waals surface area (Å²) in [6.07, 6.45) is 0. The van der Waals surface area contributed by atoms with Crippen LogP contribution in [0.1, 0.15) is 17.2 Å². The summed E-state index contributed by atoms with van der Waals surface area (Å²) in [6, 6.07) is 26.3. The van der Waals surface area contributed by atoms with Crippen LogP contribution in [-0.4, -0.2) is 5.91 Å². The first kappa shape index (κ1) is 17.2. The van der Waals surface area contributed by atoms with E-state index in [2.05, 4.69) is 10.6 Å². The predicted octanol–water partition coefficient (Wildman–Crippen LogP) is 4.81. The maximum Gasteiger partial charge on any atom is 0.246 e. The van der Waals surface area contributed by atoms with Crippen LogP contribution >= 0.6 is 11.6 Å². The highest BCUT2D eigenvalue weighted by atomic mass is 35.5. The lowest BCUT2D eigenvalue weighted by molar-refractivity contribution is -0.118. The molecular formula is C21H19ClN2O. The fourth-order valence-corrected chi connectivity index (χ4v) is 2.69. The minimum Gasteiger partial charge on any atom is -0.324 e. The molecule has 126 valence electrons. The Labute approximate surface area is 152 Å². The van der Waals surface area contributed by atoms with Gasteiger partial charge in [0.05, 0.1) is 0 Å². The van der Waals surface area contributed by atoms with Crippen molar-refractivity contribution in [3.8, 4) is 0 Å². The maximum atomic E-state index is 12.8. The van der Waals surface area contributed by atoms with Gasteiger partial charge in [0.2, 0.25) is 5.91 Å². The van der Waals surface area contributed by atoms with Crippen LogP contribution in [0.5, 0.6) is 0 Å². The molecule has 0 saturated heterocycles. The van der Waals surface area contributed by atoms with E-state index in [0.717, 1.165) is 16.8 Å². The summed E-state index contributed by atoms with van der Waals surface area (Å²) in [5.41, 5.74) is 2.76. The zero-order valence-electron chi connectivity index (χ0n) is 13.7. The van der Waals surface area contributed by atoms with Crippen LogP contribution in [0.25, 0.3) is 0 Å². The van der Waals surface area contributed by atoms with Crippen LogP contribution in [0.3, 0.4) is 0 Å². The van der Waals surface area contributed by atoms with Gasteiger partial charge in [-0.05, 0) is 35.4 Å². The molecule has 3 rings (SSSR count). The van der Waals surface area contributed by atoms with Gasteiger partial charge in [-0.25, -0.2) is 0 Å². The van der Waals surface area contributed by atoms with Gasteiger partial charge in [-0.15, -0.1) is 0 Å². The molecule has 1 atom stereocenters. The van der Waals surface area contributed by atoms with E-state index in [1.54, 1.807) is 12.1 Å². The summed E-state index contributed by atoms with van der Waals surface area (Å²) >= 11 is 5.98. The Kier molecular flexibility index (Phi) is 5.83. The highest BCUT2D eigenvalue weighted by molar-refractivity contribution is 6.30. The molecule has 25 heavy (non-hydrogen) atoms.